The van der Waals surface area contributed by atoms with Crippen molar-refractivity contribution in [2.24, 2.45) is 0 Å². The van der Waals surface area contributed by atoms with Crippen LogP contribution in [0.25, 0.3) is 38.9 Å². The second-order valence-corrected chi connectivity index (χ2v) is 5.56. The summed E-state index contributed by atoms with van der Waals surface area (Å²) in [5.74, 6) is 0.0801. The third-order valence-corrected chi connectivity index (χ3v) is 4.23. The molecule has 2 heterocycles. The van der Waals surface area contributed by atoms with Crippen LogP contribution in [0.1, 0.15) is 22.5 Å². The largest absolute Gasteiger partial charge is 0.456 e. The highest BCUT2D eigenvalue weighted by molar-refractivity contribution is 6.19. The van der Waals surface area contributed by atoms with Gasteiger partial charge in [-0.25, -0.2) is 4.98 Å². The van der Waals surface area contributed by atoms with Crippen molar-refractivity contribution < 1.29 is 9.21 Å². The molecule has 4 aromatic rings. The lowest BCUT2D eigenvalue weighted by Gasteiger charge is -2.10. The van der Waals surface area contributed by atoms with Gasteiger partial charge >= 0.3 is 0 Å². The van der Waals surface area contributed by atoms with Crippen LogP contribution in [-0.2, 0) is 0 Å². The van der Waals surface area contributed by atoms with Crippen molar-refractivity contribution in [3.63, 3.8) is 0 Å². The normalized spacial score (nSPS) is 14.1. The van der Waals surface area contributed by atoms with E-state index in [-0.39, 0.29) is 5.78 Å². The Labute approximate surface area is 125 Å². The van der Waals surface area contributed by atoms with Gasteiger partial charge < -0.3 is 4.42 Å². The van der Waals surface area contributed by atoms with E-state index in [1.165, 1.54) is 0 Å². The number of rotatable bonds is 0. The van der Waals surface area contributed by atoms with Gasteiger partial charge in [0.2, 0.25) is 0 Å². The van der Waals surface area contributed by atoms with Crippen LogP contribution in [0.2, 0.25) is 0 Å². The van der Waals surface area contributed by atoms with E-state index < -0.39 is 0 Å². The van der Waals surface area contributed by atoms with Crippen molar-refractivity contribution >= 4 is 44.7 Å². The van der Waals surface area contributed by atoms with E-state index in [0.717, 1.165) is 38.4 Å². The van der Waals surface area contributed by atoms with Crippen LogP contribution >= 0.6 is 0 Å². The third-order valence-electron chi connectivity index (χ3n) is 4.23. The average Bonchev–Trinajstić information content (AvgIpc) is 2.93. The number of hydrogen-bond acceptors (Lipinski definition) is 3. The topological polar surface area (TPSA) is 43.1 Å². The number of allylic oxidation sites excluding steroid dienone is 1. The summed E-state index contributed by atoms with van der Waals surface area (Å²) >= 11 is 0. The summed E-state index contributed by atoms with van der Waals surface area (Å²) in [6.45, 7) is 0. The van der Waals surface area contributed by atoms with Crippen molar-refractivity contribution in [3.8, 4) is 0 Å². The number of fused-ring (bicyclic) bond motifs is 6. The Kier molecular flexibility index (Phi) is 2.15. The molecular weight excluding hydrogens is 274 g/mol. The molecule has 0 fully saturated rings. The van der Waals surface area contributed by atoms with Crippen molar-refractivity contribution in [1.29, 1.82) is 0 Å². The Hall–Kier alpha value is -2.94. The number of nitrogens with zero attached hydrogens (tertiary/aromatic N) is 1. The number of para-hydroxylation sites is 1. The number of carbonyl (C=O) groups is 1. The zero-order valence-corrected chi connectivity index (χ0v) is 11.7. The number of benzene rings is 2. The first-order valence-corrected chi connectivity index (χ1v) is 7.26. The summed E-state index contributed by atoms with van der Waals surface area (Å²) in [6.07, 6.45) is 4.30. The summed E-state index contributed by atoms with van der Waals surface area (Å²) < 4.78 is 5.91. The van der Waals surface area contributed by atoms with Gasteiger partial charge in [-0.3, -0.25) is 4.79 Å². The van der Waals surface area contributed by atoms with E-state index in [1.54, 1.807) is 0 Å². The Morgan fingerprint density at radius 1 is 1.00 bits per heavy atom. The minimum Gasteiger partial charge on any atom is -0.456 e. The summed E-state index contributed by atoms with van der Waals surface area (Å²) in [5.41, 5.74) is 4.01. The Balaban J connectivity index is 2.00. The molecule has 0 bridgehead atoms. The standard InChI is InChI=1S/C19H11NO2/c21-15-6-3-4-11-10-13-14(20-19(11)15)8-9-17-18(13)12-5-1-2-7-16(12)22-17/h1-5,7-10H,6H2. The third kappa shape index (κ3) is 1.45. The van der Waals surface area contributed by atoms with Crippen molar-refractivity contribution in [2.45, 2.75) is 6.42 Å². The highest BCUT2D eigenvalue weighted by Gasteiger charge is 2.18. The molecule has 0 saturated carbocycles. The van der Waals surface area contributed by atoms with Crippen LogP contribution in [0.5, 0.6) is 0 Å². The van der Waals surface area contributed by atoms with Crippen LogP contribution in [0.15, 0.2) is 53.0 Å². The van der Waals surface area contributed by atoms with Gasteiger partial charge in [0.1, 0.15) is 16.9 Å². The molecule has 0 saturated heterocycles. The summed E-state index contributed by atoms with van der Waals surface area (Å²) in [4.78, 5) is 16.6. The molecule has 1 aliphatic rings. The van der Waals surface area contributed by atoms with Gasteiger partial charge in [-0.1, -0.05) is 30.4 Å². The highest BCUT2D eigenvalue weighted by atomic mass is 16.3. The van der Waals surface area contributed by atoms with Gasteiger partial charge in [0.05, 0.1) is 5.52 Å². The molecule has 104 valence electrons. The molecule has 0 spiro atoms. The summed E-state index contributed by atoms with van der Waals surface area (Å²) in [7, 11) is 0. The molecule has 0 N–H and O–H groups in total. The number of pyridine rings is 1. The maximum atomic E-state index is 12.0. The SMILES string of the molecule is O=C1CC=Cc2cc3c(ccc4oc5ccccc5c43)nc21. The van der Waals surface area contributed by atoms with Gasteiger partial charge in [0.15, 0.2) is 5.78 Å². The van der Waals surface area contributed by atoms with Gasteiger partial charge in [-0.05, 0) is 24.3 Å². The number of ketones is 1. The predicted octanol–water partition coefficient (Wildman–Crippen LogP) is 4.73. The van der Waals surface area contributed by atoms with E-state index >= 15 is 0 Å². The maximum absolute atomic E-state index is 12.0. The van der Waals surface area contributed by atoms with E-state index in [4.69, 9.17) is 4.42 Å². The maximum Gasteiger partial charge on any atom is 0.185 e. The van der Waals surface area contributed by atoms with Crippen LogP contribution in [0.4, 0.5) is 0 Å². The second kappa shape index (κ2) is 4.04. The molecule has 5 rings (SSSR count). The first kappa shape index (κ1) is 11.7. The molecule has 0 radical (unpaired) electrons. The van der Waals surface area contributed by atoms with Crippen molar-refractivity contribution in [3.05, 3.63) is 59.8 Å². The molecule has 1 aliphatic carbocycles. The smallest absolute Gasteiger partial charge is 0.185 e. The molecule has 2 aromatic carbocycles. The molecule has 3 nitrogen and oxygen atoms in total. The fourth-order valence-electron chi connectivity index (χ4n) is 3.22. The number of Topliss-reactive ketones (excluding diaryl/α,β-unsaturated/α-hetero) is 1. The minimum absolute atomic E-state index is 0.0801. The first-order chi connectivity index (χ1) is 10.8. The molecule has 0 amide bonds. The number of furan rings is 1. The lowest BCUT2D eigenvalue weighted by molar-refractivity contribution is 0.0990. The van der Waals surface area contributed by atoms with Crippen LogP contribution in [0.3, 0.4) is 0 Å². The molecule has 3 heteroatoms. The van der Waals surface area contributed by atoms with Gasteiger partial charge in [0.25, 0.3) is 0 Å². The lowest BCUT2D eigenvalue weighted by Crippen LogP contribution is -2.07. The van der Waals surface area contributed by atoms with E-state index in [9.17, 15) is 4.79 Å². The van der Waals surface area contributed by atoms with E-state index in [2.05, 4.69) is 17.1 Å². The molecular formula is C19H11NO2. The van der Waals surface area contributed by atoms with Gasteiger partial charge in [-0.2, -0.15) is 0 Å². The molecule has 0 unspecified atom stereocenters. The number of aromatic nitrogens is 1. The van der Waals surface area contributed by atoms with Gasteiger partial charge in [-0.15, -0.1) is 0 Å². The lowest BCUT2D eigenvalue weighted by atomic mass is 9.98. The van der Waals surface area contributed by atoms with E-state index in [0.29, 0.717) is 12.1 Å². The molecule has 22 heavy (non-hydrogen) atoms. The summed E-state index contributed by atoms with van der Waals surface area (Å²) in [6, 6.07) is 13.9. The molecule has 2 aromatic heterocycles. The fourth-order valence-corrected chi connectivity index (χ4v) is 3.22. The predicted molar refractivity (Wildman–Crippen MR) is 87.0 cm³/mol. The Morgan fingerprint density at radius 2 is 1.91 bits per heavy atom. The zero-order chi connectivity index (χ0) is 14.7. The zero-order valence-electron chi connectivity index (χ0n) is 11.7. The number of hydrogen-bond donors (Lipinski definition) is 0. The monoisotopic (exact) mass is 285 g/mol. The number of carbonyl (C=O) groups excluding carboxylic acids is 1. The molecule has 0 atom stereocenters. The van der Waals surface area contributed by atoms with Gasteiger partial charge in [0, 0.05) is 28.1 Å². The Bertz CT molecular complexity index is 1120. The Morgan fingerprint density at radius 3 is 2.86 bits per heavy atom. The quantitative estimate of drug-likeness (QED) is 0.469. The van der Waals surface area contributed by atoms with Crippen molar-refractivity contribution in [1.82, 2.24) is 4.98 Å². The minimum atomic E-state index is 0.0801. The second-order valence-electron chi connectivity index (χ2n) is 5.56. The fraction of sp³-hybridized carbons (Fsp3) is 0.0526. The van der Waals surface area contributed by atoms with Crippen molar-refractivity contribution in [2.75, 3.05) is 0 Å². The van der Waals surface area contributed by atoms with Crippen LogP contribution in [-0.4, -0.2) is 10.8 Å². The first-order valence-electron chi connectivity index (χ1n) is 7.26. The van der Waals surface area contributed by atoms with Crippen LogP contribution < -0.4 is 0 Å². The summed E-state index contributed by atoms with van der Waals surface area (Å²) in [5, 5.41) is 3.17. The van der Waals surface area contributed by atoms with Crippen LogP contribution in [0, 0.1) is 0 Å². The molecule has 0 aliphatic heterocycles. The highest BCUT2D eigenvalue weighted by Crippen LogP contribution is 2.35. The van der Waals surface area contributed by atoms with E-state index in [1.807, 2.05) is 42.5 Å². The average molecular weight is 285 g/mol.